The van der Waals surface area contributed by atoms with Crippen LogP contribution in [0.4, 0.5) is 0 Å². The average Bonchev–Trinajstić information content (AvgIpc) is 3.29. The molecule has 0 radical (unpaired) electrons. The lowest BCUT2D eigenvalue weighted by Gasteiger charge is -2.57. The maximum absolute atomic E-state index is 10.2. The van der Waals surface area contributed by atoms with E-state index in [2.05, 4.69) is 59.8 Å². The Morgan fingerprint density at radius 1 is 1.00 bits per heavy atom. The number of nitrogens with zero attached hydrogens (tertiary/aromatic N) is 2. The lowest BCUT2D eigenvalue weighted by atomic mass is 9.48. The quantitative estimate of drug-likeness (QED) is 0.626. The van der Waals surface area contributed by atoms with Crippen LogP contribution in [0, 0.1) is 28.6 Å². The normalized spacial score (nSPS) is 41.3. The first-order chi connectivity index (χ1) is 14.0. The average molecular weight is 389 g/mol. The molecule has 1 N–H and O–H groups in total. The smallest absolute Gasteiger partial charge is 0.100 e. The van der Waals surface area contributed by atoms with Crippen LogP contribution < -0.4 is 0 Å². The molecular weight excluding hydrogens is 356 g/mol. The van der Waals surface area contributed by atoms with Crippen molar-refractivity contribution in [1.29, 1.82) is 0 Å². The number of allylic oxidation sites excluding steroid dienone is 3. The number of aromatic nitrogens is 2. The molecule has 0 spiro atoms. The van der Waals surface area contributed by atoms with E-state index in [1.807, 2.05) is 6.33 Å². The van der Waals surface area contributed by atoms with Gasteiger partial charge in [-0.1, -0.05) is 43.7 Å². The number of benzene rings is 1. The van der Waals surface area contributed by atoms with Gasteiger partial charge in [0.1, 0.15) is 6.33 Å². The molecule has 6 rings (SSSR count). The lowest BCUT2D eigenvalue weighted by molar-refractivity contribution is -0.0249. The third-order valence-corrected chi connectivity index (χ3v) is 9.33. The van der Waals surface area contributed by atoms with E-state index < -0.39 is 0 Å². The van der Waals surface area contributed by atoms with Crippen LogP contribution >= 0.6 is 0 Å². The minimum atomic E-state index is -0.117. The third kappa shape index (κ3) is 2.37. The van der Waals surface area contributed by atoms with Crippen LogP contribution in [-0.4, -0.2) is 20.8 Å². The van der Waals surface area contributed by atoms with Gasteiger partial charge in [-0.3, -0.25) is 0 Å². The zero-order valence-corrected chi connectivity index (χ0v) is 17.6. The predicted octanol–water partition coefficient (Wildman–Crippen LogP) is 5.81. The Bertz CT molecular complexity index is 1030. The van der Waals surface area contributed by atoms with Gasteiger partial charge in [-0.05, 0) is 80.2 Å². The Labute approximate surface area is 173 Å². The highest BCUT2D eigenvalue weighted by Crippen LogP contribution is 2.65. The monoisotopic (exact) mass is 388 g/mol. The van der Waals surface area contributed by atoms with Crippen molar-refractivity contribution in [2.45, 2.75) is 64.9 Å². The summed E-state index contributed by atoms with van der Waals surface area (Å²) >= 11 is 0. The van der Waals surface area contributed by atoms with Crippen molar-refractivity contribution in [3.63, 3.8) is 0 Å². The topological polar surface area (TPSA) is 38.0 Å². The molecule has 2 aromatic rings. The summed E-state index contributed by atoms with van der Waals surface area (Å²) < 4.78 is 2.37. The highest BCUT2D eigenvalue weighted by Gasteiger charge is 2.57. The van der Waals surface area contributed by atoms with Crippen molar-refractivity contribution < 1.29 is 5.11 Å². The molecule has 152 valence electrons. The molecule has 0 bridgehead atoms. The molecule has 0 amide bonds. The number of fused-ring (bicyclic) bond motifs is 6. The van der Waals surface area contributed by atoms with Crippen LogP contribution in [-0.2, 0) is 0 Å². The molecule has 3 heteroatoms. The molecule has 0 unspecified atom stereocenters. The second-order valence-corrected chi connectivity index (χ2v) is 10.5. The Hall–Kier alpha value is -1.87. The molecule has 3 nitrogen and oxygen atoms in total. The Morgan fingerprint density at radius 3 is 2.72 bits per heavy atom. The van der Waals surface area contributed by atoms with E-state index in [-0.39, 0.29) is 11.5 Å². The van der Waals surface area contributed by atoms with E-state index in [0.29, 0.717) is 5.41 Å². The molecule has 2 saturated carbocycles. The van der Waals surface area contributed by atoms with Gasteiger partial charge >= 0.3 is 0 Å². The van der Waals surface area contributed by atoms with E-state index in [1.165, 1.54) is 36.9 Å². The molecule has 1 aromatic carbocycles. The SMILES string of the molecule is C[C@]12CC[C@H](O)CC1=CC[C@H]1[C@H]2CC[C@@]2(C)C(n3cnc4ccccc43)=CC[C@H]12. The van der Waals surface area contributed by atoms with Crippen LogP contribution in [0.15, 0.2) is 48.3 Å². The second-order valence-electron chi connectivity index (χ2n) is 10.5. The third-order valence-electron chi connectivity index (χ3n) is 9.33. The van der Waals surface area contributed by atoms with Gasteiger partial charge in [0, 0.05) is 11.1 Å². The minimum absolute atomic E-state index is 0.117. The molecule has 1 heterocycles. The highest BCUT2D eigenvalue weighted by molar-refractivity contribution is 5.80. The summed E-state index contributed by atoms with van der Waals surface area (Å²) in [7, 11) is 0. The number of aliphatic hydroxyl groups excluding tert-OH is 1. The number of hydrogen-bond acceptors (Lipinski definition) is 2. The first-order valence-electron chi connectivity index (χ1n) is 11.5. The largest absolute Gasteiger partial charge is 0.393 e. The molecule has 4 aliphatic carbocycles. The summed E-state index contributed by atoms with van der Waals surface area (Å²) in [4.78, 5) is 4.67. The number of aliphatic hydroxyl groups is 1. The minimum Gasteiger partial charge on any atom is -0.393 e. The molecule has 0 saturated heterocycles. The first-order valence-corrected chi connectivity index (χ1v) is 11.5. The fraction of sp³-hybridized carbons (Fsp3) is 0.577. The Morgan fingerprint density at radius 2 is 1.83 bits per heavy atom. The maximum Gasteiger partial charge on any atom is 0.100 e. The lowest BCUT2D eigenvalue weighted by Crippen LogP contribution is -2.50. The van der Waals surface area contributed by atoms with Crippen molar-refractivity contribution in [2.24, 2.45) is 28.6 Å². The summed E-state index contributed by atoms with van der Waals surface area (Å²) in [6, 6.07) is 8.52. The summed E-state index contributed by atoms with van der Waals surface area (Å²) in [5.41, 5.74) is 5.92. The van der Waals surface area contributed by atoms with Crippen LogP contribution in [0.1, 0.15) is 58.8 Å². The standard InChI is InChI=1S/C26H32N2O/c1-25-13-11-18(29)15-17(25)7-8-19-20-9-10-24(26(20,2)14-12-21(19)25)28-16-27-22-5-3-4-6-23(22)28/h3-7,10,16,18-21,29H,8-9,11-15H2,1-2H3/t18-,19+,20+,21+,25-,26+/m0/s1. The number of para-hydroxylation sites is 2. The predicted molar refractivity (Wildman–Crippen MR) is 117 cm³/mol. The van der Waals surface area contributed by atoms with Gasteiger partial charge in [-0.15, -0.1) is 0 Å². The highest BCUT2D eigenvalue weighted by atomic mass is 16.3. The number of imidazole rings is 1. The summed E-state index contributed by atoms with van der Waals surface area (Å²) in [6.07, 6.45) is 15.0. The van der Waals surface area contributed by atoms with E-state index in [0.717, 1.165) is 42.5 Å². The van der Waals surface area contributed by atoms with E-state index >= 15 is 0 Å². The van der Waals surface area contributed by atoms with Crippen molar-refractivity contribution >= 4 is 16.7 Å². The van der Waals surface area contributed by atoms with Crippen LogP contribution in [0.25, 0.3) is 16.7 Å². The fourth-order valence-electron chi connectivity index (χ4n) is 7.71. The molecule has 0 aliphatic heterocycles. The van der Waals surface area contributed by atoms with Crippen molar-refractivity contribution in [2.75, 3.05) is 0 Å². The van der Waals surface area contributed by atoms with Gasteiger partial charge < -0.3 is 9.67 Å². The van der Waals surface area contributed by atoms with Gasteiger partial charge in [0.2, 0.25) is 0 Å². The summed E-state index contributed by atoms with van der Waals surface area (Å²) in [5.74, 6) is 2.26. The zero-order chi connectivity index (χ0) is 19.8. The van der Waals surface area contributed by atoms with Crippen LogP contribution in [0.3, 0.4) is 0 Å². The van der Waals surface area contributed by atoms with Crippen molar-refractivity contribution in [1.82, 2.24) is 9.55 Å². The summed E-state index contributed by atoms with van der Waals surface area (Å²) in [5, 5.41) is 10.2. The van der Waals surface area contributed by atoms with Crippen molar-refractivity contribution in [3.05, 3.63) is 48.3 Å². The maximum atomic E-state index is 10.2. The molecule has 2 fully saturated rings. The number of hydrogen-bond donors (Lipinski definition) is 1. The van der Waals surface area contributed by atoms with E-state index in [1.54, 1.807) is 5.57 Å². The zero-order valence-electron chi connectivity index (χ0n) is 17.6. The van der Waals surface area contributed by atoms with Gasteiger partial charge in [0.05, 0.1) is 17.1 Å². The van der Waals surface area contributed by atoms with E-state index in [4.69, 9.17) is 0 Å². The second kappa shape index (κ2) is 6.07. The Balaban J connectivity index is 1.36. The van der Waals surface area contributed by atoms with Gasteiger partial charge in [0.15, 0.2) is 0 Å². The number of rotatable bonds is 1. The van der Waals surface area contributed by atoms with Gasteiger partial charge in [-0.25, -0.2) is 4.98 Å². The van der Waals surface area contributed by atoms with E-state index in [9.17, 15) is 5.11 Å². The molecular formula is C26H32N2O. The molecule has 4 aliphatic rings. The molecule has 29 heavy (non-hydrogen) atoms. The van der Waals surface area contributed by atoms with Crippen molar-refractivity contribution in [3.8, 4) is 0 Å². The first kappa shape index (κ1) is 17.9. The van der Waals surface area contributed by atoms with Gasteiger partial charge in [0.25, 0.3) is 0 Å². The molecule has 1 aromatic heterocycles. The Kier molecular flexibility index (Phi) is 3.76. The summed E-state index contributed by atoms with van der Waals surface area (Å²) in [6.45, 7) is 5.03. The fourth-order valence-corrected chi connectivity index (χ4v) is 7.71. The molecule has 6 atom stereocenters. The van der Waals surface area contributed by atoms with Gasteiger partial charge in [-0.2, -0.15) is 0 Å². The van der Waals surface area contributed by atoms with Crippen LogP contribution in [0.2, 0.25) is 0 Å². The van der Waals surface area contributed by atoms with Crippen LogP contribution in [0.5, 0.6) is 0 Å².